The van der Waals surface area contributed by atoms with Gasteiger partial charge in [0.25, 0.3) is 0 Å². The first-order valence-electron chi connectivity index (χ1n) is 6.29. The Morgan fingerprint density at radius 3 is 3.11 bits per heavy atom. The predicted octanol–water partition coefficient (Wildman–Crippen LogP) is 1.97. The summed E-state index contributed by atoms with van der Waals surface area (Å²) >= 11 is 4.06. The molecule has 5 heteroatoms. The predicted molar refractivity (Wildman–Crippen MR) is 79.3 cm³/mol. The zero-order valence-corrected chi connectivity index (χ0v) is 11.9. The molecule has 2 aliphatic heterocycles. The SMILES string of the molecule is NNC(c1ccc2c(c1)CCO2)C1CSCCS1. The van der Waals surface area contributed by atoms with Crippen LogP contribution in [0, 0.1) is 0 Å². The highest BCUT2D eigenvalue weighted by Gasteiger charge is 2.26. The van der Waals surface area contributed by atoms with Crippen LogP contribution in [0.5, 0.6) is 5.75 Å². The van der Waals surface area contributed by atoms with E-state index < -0.39 is 0 Å². The van der Waals surface area contributed by atoms with Gasteiger partial charge in [0.2, 0.25) is 0 Å². The Balaban J connectivity index is 1.82. The van der Waals surface area contributed by atoms with E-state index in [0.29, 0.717) is 5.25 Å². The Morgan fingerprint density at radius 1 is 1.39 bits per heavy atom. The van der Waals surface area contributed by atoms with Crippen molar-refractivity contribution in [3.8, 4) is 5.75 Å². The number of fused-ring (bicyclic) bond motifs is 1. The molecule has 0 amide bonds. The maximum atomic E-state index is 5.78. The molecular weight excluding hydrogens is 264 g/mol. The summed E-state index contributed by atoms with van der Waals surface area (Å²) in [5.41, 5.74) is 5.62. The van der Waals surface area contributed by atoms with Crippen molar-refractivity contribution in [3.63, 3.8) is 0 Å². The van der Waals surface area contributed by atoms with Crippen molar-refractivity contribution in [1.82, 2.24) is 5.43 Å². The van der Waals surface area contributed by atoms with E-state index in [1.165, 1.54) is 28.4 Å². The fraction of sp³-hybridized carbons (Fsp3) is 0.538. The molecule has 1 aromatic rings. The van der Waals surface area contributed by atoms with E-state index in [1.54, 1.807) is 0 Å². The quantitative estimate of drug-likeness (QED) is 0.656. The van der Waals surface area contributed by atoms with Gasteiger partial charge in [0.15, 0.2) is 0 Å². The summed E-state index contributed by atoms with van der Waals surface area (Å²) in [5.74, 6) is 10.5. The normalized spacial score (nSPS) is 24.4. The van der Waals surface area contributed by atoms with Crippen molar-refractivity contribution >= 4 is 23.5 Å². The molecule has 0 aliphatic carbocycles. The minimum absolute atomic E-state index is 0.244. The van der Waals surface area contributed by atoms with E-state index in [-0.39, 0.29) is 6.04 Å². The largest absolute Gasteiger partial charge is 0.493 e. The minimum Gasteiger partial charge on any atom is -0.493 e. The van der Waals surface area contributed by atoms with Crippen LogP contribution in [0.2, 0.25) is 0 Å². The lowest BCUT2D eigenvalue weighted by molar-refractivity contribution is 0.356. The second-order valence-electron chi connectivity index (χ2n) is 4.59. The molecule has 2 heterocycles. The molecule has 3 N–H and O–H groups in total. The Hall–Kier alpha value is -0.360. The minimum atomic E-state index is 0.244. The molecule has 0 bridgehead atoms. The molecular formula is C13H18N2OS2. The smallest absolute Gasteiger partial charge is 0.122 e. The van der Waals surface area contributed by atoms with Crippen LogP contribution in [-0.2, 0) is 6.42 Å². The molecule has 2 aliphatic rings. The van der Waals surface area contributed by atoms with E-state index >= 15 is 0 Å². The maximum Gasteiger partial charge on any atom is 0.122 e. The van der Waals surface area contributed by atoms with Gasteiger partial charge in [-0.2, -0.15) is 23.5 Å². The van der Waals surface area contributed by atoms with Gasteiger partial charge in [0.1, 0.15) is 5.75 Å². The number of rotatable bonds is 3. The highest BCUT2D eigenvalue weighted by Crippen LogP contribution is 2.35. The van der Waals surface area contributed by atoms with Gasteiger partial charge in [-0.25, -0.2) is 0 Å². The summed E-state index contributed by atoms with van der Waals surface area (Å²) in [4.78, 5) is 0. The van der Waals surface area contributed by atoms with Crippen LogP contribution in [0.3, 0.4) is 0 Å². The summed E-state index contributed by atoms with van der Waals surface area (Å²) in [5, 5.41) is 0.564. The van der Waals surface area contributed by atoms with Crippen molar-refractivity contribution < 1.29 is 4.74 Å². The van der Waals surface area contributed by atoms with Crippen LogP contribution >= 0.6 is 23.5 Å². The van der Waals surface area contributed by atoms with Gasteiger partial charge in [-0.05, 0) is 17.2 Å². The Kier molecular flexibility index (Phi) is 4.03. The molecule has 3 nitrogen and oxygen atoms in total. The molecule has 98 valence electrons. The number of nitrogens with two attached hydrogens (primary N) is 1. The van der Waals surface area contributed by atoms with Crippen LogP contribution in [0.1, 0.15) is 17.2 Å². The molecule has 3 rings (SSSR count). The second-order valence-corrected chi connectivity index (χ2v) is 7.09. The standard InChI is InChI=1S/C13H18N2OS2/c14-15-13(12-8-17-5-6-18-12)10-1-2-11-9(7-10)3-4-16-11/h1-2,7,12-13,15H,3-6,8,14H2. The number of hydrazine groups is 1. The number of thioether (sulfide) groups is 2. The first-order valence-corrected chi connectivity index (χ1v) is 8.50. The number of hydrogen-bond donors (Lipinski definition) is 2. The summed E-state index contributed by atoms with van der Waals surface area (Å²) in [6.07, 6.45) is 1.02. The molecule has 2 unspecified atom stereocenters. The molecule has 0 aromatic heterocycles. The van der Waals surface area contributed by atoms with Gasteiger partial charge in [0.05, 0.1) is 12.6 Å². The lowest BCUT2D eigenvalue weighted by Gasteiger charge is -2.29. The Labute approximate surface area is 116 Å². The van der Waals surface area contributed by atoms with Gasteiger partial charge in [0, 0.05) is 28.9 Å². The summed E-state index contributed by atoms with van der Waals surface area (Å²) in [7, 11) is 0. The third-order valence-electron chi connectivity index (χ3n) is 3.47. The first-order chi connectivity index (χ1) is 8.88. The van der Waals surface area contributed by atoms with Gasteiger partial charge in [-0.3, -0.25) is 11.3 Å². The molecule has 1 aromatic carbocycles. The average molecular weight is 282 g/mol. The lowest BCUT2D eigenvalue weighted by atomic mass is 10.0. The maximum absolute atomic E-state index is 5.78. The van der Waals surface area contributed by atoms with Crippen LogP contribution in [0.25, 0.3) is 0 Å². The van der Waals surface area contributed by atoms with Crippen molar-refractivity contribution in [3.05, 3.63) is 29.3 Å². The Bertz CT molecular complexity index is 421. The van der Waals surface area contributed by atoms with Gasteiger partial charge in [-0.1, -0.05) is 12.1 Å². The zero-order valence-electron chi connectivity index (χ0n) is 10.2. The first kappa shape index (κ1) is 12.7. The number of ether oxygens (including phenoxy) is 1. The van der Waals surface area contributed by atoms with Gasteiger partial charge < -0.3 is 4.74 Å². The topological polar surface area (TPSA) is 47.3 Å². The molecule has 2 atom stereocenters. The third kappa shape index (κ3) is 2.50. The molecule has 0 radical (unpaired) electrons. The molecule has 1 saturated heterocycles. The summed E-state index contributed by atoms with van der Waals surface area (Å²) in [6.45, 7) is 0.813. The van der Waals surface area contributed by atoms with E-state index in [0.717, 1.165) is 18.8 Å². The number of hydrogen-bond acceptors (Lipinski definition) is 5. The second kappa shape index (κ2) is 5.74. The molecule has 0 spiro atoms. The number of nitrogens with one attached hydrogen (secondary N) is 1. The van der Waals surface area contributed by atoms with E-state index in [2.05, 4.69) is 23.6 Å². The van der Waals surface area contributed by atoms with Crippen molar-refractivity contribution in [2.45, 2.75) is 17.7 Å². The summed E-state index contributed by atoms with van der Waals surface area (Å²) < 4.78 is 5.55. The van der Waals surface area contributed by atoms with Crippen molar-refractivity contribution in [2.24, 2.45) is 5.84 Å². The zero-order chi connectivity index (χ0) is 12.4. The van der Waals surface area contributed by atoms with Crippen LogP contribution in [0.15, 0.2) is 18.2 Å². The van der Waals surface area contributed by atoms with Gasteiger partial charge >= 0.3 is 0 Å². The number of benzene rings is 1. The van der Waals surface area contributed by atoms with Gasteiger partial charge in [-0.15, -0.1) is 0 Å². The summed E-state index contributed by atoms with van der Waals surface area (Å²) in [6, 6.07) is 6.73. The van der Waals surface area contributed by atoms with Crippen LogP contribution < -0.4 is 16.0 Å². The van der Waals surface area contributed by atoms with Crippen LogP contribution in [-0.4, -0.2) is 29.1 Å². The lowest BCUT2D eigenvalue weighted by Crippen LogP contribution is -2.37. The highest BCUT2D eigenvalue weighted by atomic mass is 32.2. The fourth-order valence-electron chi connectivity index (χ4n) is 2.52. The van der Waals surface area contributed by atoms with E-state index in [9.17, 15) is 0 Å². The van der Waals surface area contributed by atoms with Crippen LogP contribution in [0.4, 0.5) is 0 Å². The molecule has 1 fully saturated rings. The Morgan fingerprint density at radius 2 is 2.33 bits per heavy atom. The molecule has 18 heavy (non-hydrogen) atoms. The van der Waals surface area contributed by atoms with Crippen molar-refractivity contribution in [1.29, 1.82) is 0 Å². The fourth-order valence-corrected chi connectivity index (χ4v) is 5.37. The monoisotopic (exact) mass is 282 g/mol. The van der Waals surface area contributed by atoms with Crippen molar-refractivity contribution in [2.75, 3.05) is 23.9 Å². The van der Waals surface area contributed by atoms with E-state index in [1.807, 2.05) is 23.5 Å². The van der Waals surface area contributed by atoms with E-state index in [4.69, 9.17) is 10.6 Å². The third-order valence-corrected chi connectivity index (χ3v) is 6.33. The highest BCUT2D eigenvalue weighted by molar-refractivity contribution is 8.06. The average Bonchev–Trinajstić information content (AvgIpc) is 2.88. The molecule has 0 saturated carbocycles.